The number of hydrogen-bond acceptors (Lipinski definition) is 4. The second kappa shape index (κ2) is 3.68. The number of azide groups is 1. The van der Waals surface area contributed by atoms with Crippen molar-refractivity contribution >= 4 is 0 Å². The van der Waals surface area contributed by atoms with Crippen molar-refractivity contribution in [2.45, 2.75) is 24.6 Å². The van der Waals surface area contributed by atoms with Gasteiger partial charge in [0.25, 0.3) is 0 Å². The fourth-order valence-corrected chi connectivity index (χ4v) is 1.00. The van der Waals surface area contributed by atoms with E-state index in [1.807, 2.05) is 0 Å². The lowest BCUT2D eigenvalue weighted by molar-refractivity contribution is -0.0198. The van der Waals surface area contributed by atoms with Gasteiger partial charge in [0.15, 0.2) is 12.4 Å². The van der Waals surface area contributed by atoms with Crippen molar-refractivity contribution in [1.82, 2.24) is 0 Å². The average molecular weight is 177 g/mol. The molecule has 1 rings (SSSR count). The number of halogens is 1. The van der Waals surface area contributed by atoms with Gasteiger partial charge in [-0.25, -0.2) is 4.39 Å². The van der Waals surface area contributed by atoms with Crippen LogP contribution < -0.4 is 0 Å². The summed E-state index contributed by atoms with van der Waals surface area (Å²) in [5, 5.41) is 20.5. The van der Waals surface area contributed by atoms with Crippen molar-refractivity contribution in [2.75, 3.05) is 6.61 Å². The summed E-state index contributed by atoms with van der Waals surface area (Å²) in [5.41, 5.74) is 7.96. The van der Waals surface area contributed by atoms with Gasteiger partial charge in [0.05, 0.1) is 6.61 Å². The summed E-state index contributed by atoms with van der Waals surface area (Å²) >= 11 is 0. The number of hydrogen-bond donors (Lipinski definition) is 2. The van der Waals surface area contributed by atoms with Crippen LogP contribution in [0, 0.1) is 0 Å². The Labute approximate surface area is 67.2 Å². The van der Waals surface area contributed by atoms with Crippen LogP contribution in [0.25, 0.3) is 10.4 Å². The highest BCUT2D eigenvalue weighted by molar-refractivity contribution is 4.89. The molecule has 0 amide bonds. The first-order valence-corrected chi connectivity index (χ1v) is 3.33. The maximum atomic E-state index is 12.9. The SMILES string of the molecule is [N-]=[N+]=NC1O[C@H](CO)[C@@H](O)[C@H]1F. The number of aliphatic hydroxyl groups excluding tert-OH is 2. The van der Waals surface area contributed by atoms with Crippen molar-refractivity contribution in [3.05, 3.63) is 10.4 Å². The third-order valence-electron chi connectivity index (χ3n) is 1.64. The van der Waals surface area contributed by atoms with Gasteiger partial charge in [-0.05, 0) is 5.53 Å². The van der Waals surface area contributed by atoms with Crippen molar-refractivity contribution in [2.24, 2.45) is 5.11 Å². The molecule has 4 atom stereocenters. The van der Waals surface area contributed by atoms with Gasteiger partial charge in [0.1, 0.15) is 12.2 Å². The molecule has 0 saturated carbocycles. The largest absolute Gasteiger partial charge is 0.394 e. The second-order valence-corrected chi connectivity index (χ2v) is 2.39. The van der Waals surface area contributed by atoms with E-state index in [4.69, 9.17) is 15.7 Å². The van der Waals surface area contributed by atoms with E-state index < -0.39 is 31.2 Å². The molecule has 1 fully saturated rings. The zero-order chi connectivity index (χ0) is 9.14. The molecular formula is C5H8FN3O3. The molecular weight excluding hydrogens is 169 g/mol. The zero-order valence-electron chi connectivity index (χ0n) is 6.04. The summed E-state index contributed by atoms with van der Waals surface area (Å²) in [6.07, 6.45) is -5.53. The monoisotopic (exact) mass is 177 g/mol. The van der Waals surface area contributed by atoms with E-state index in [-0.39, 0.29) is 0 Å². The second-order valence-electron chi connectivity index (χ2n) is 2.39. The standard InChI is InChI=1S/C5H8FN3O3/c6-3-4(11)2(1-10)12-5(3)8-9-7/h2-5,10-11H,1H2/t2-,3-,4-,5?/m1/s1. The average Bonchev–Trinajstić information content (AvgIpc) is 2.33. The molecule has 0 spiro atoms. The first-order chi connectivity index (χ1) is 5.70. The molecule has 2 N–H and O–H groups in total. The highest BCUT2D eigenvalue weighted by atomic mass is 19.1. The Morgan fingerprint density at radius 3 is 2.75 bits per heavy atom. The van der Waals surface area contributed by atoms with E-state index >= 15 is 0 Å². The van der Waals surface area contributed by atoms with Crippen LogP contribution in [0.2, 0.25) is 0 Å². The molecule has 0 radical (unpaired) electrons. The van der Waals surface area contributed by atoms with Crippen LogP contribution >= 0.6 is 0 Å². The van der Waals surface area contributed by atoms with Gasteiger partial charge in [-0.15, -0.1) is 0 Å². The van der Waals surface area contributed by atoms with Gasteiger partial charge < -0.3 is 14.9 Å². The Hall–Kier alpha value is -0.880. The molecule has 0 aromatic rings. The molecule has 0 aromatic carbocycles. The van der Waals surface area contributed by atoms with Crippen LogP contribution in [0.5, 0.6) is 0 Å². The van der Waals surface area contributed by atoms with E-state index in [0.29, 0.717) is 0 Å². The van der Waals surface area contributed by atoms with Crippen molar-refractivity contribution in [3.63, 3.8) is 0 Å². The smallest absolute Gasteiger partial charge is 0.170 e. The van der Waals surface area contributed by atoms with Crippen LogP contribution in [-0.4, -0.2) is 41.4 Å². The lowest BCUT2D eigenvalue weighted by Gasteiger charge is -2.08. The van der Waals surface area contributed by atoms with Gasteiger partial charge in [-0.1, -0.05) is 5.11 Å². The Kier molecular flexibility index (Phi) is 2.83. The molecule has 12 heavy (non-hydrogen) atoms. The summed E-state index contributed by atoms with van der Waals surface area (Å²) in [6, 6.07) is 0. The number of ether oxygens (including phenoxy) is 1. The number of nitrogens with zero attached hydrogens (tertiary/aromatic N) is 3. The fourth-order valence-electron chi connectivity index (χ4n) is 1.00. The quantitative estimate of drug-likeness (QED) is 0.344. The van der Waals surface area contributed by atoms with Crippen molar-refractivity contribution in [1.29, 1.82) is 0 Å². The Morgan fingerprint density at radius 2 is 2.33 bits per heavy atom. The summed E-state index contributed by atoms with van der Waals surface area (Å²) in [4.78, 5) is 2.34. The van der Waals surface area contributed by atoms with Crippen LogP contribution in [0.3, 0.4) is 0 Å². The normalized spacial score (nSPS) is 40.9. The van der Waals surface area contributed by atoms with Gasteiger partial charge in [-0.2, -0.15) is 0 Å². The summed E-state index contributed by atoms with van der Waals surface area (Å²) in [5.74, 6) is 0. The van der Waals surface area contributed by atoms with Gasteiger partial charge in [0.2, 0.25) is 0 Å². The molecule has 1 unspecified atom stereocenters. The lowest BCUT2D eigenvalue weighted by Crippen LogP contribution is -2.30. The molecule has 1 heterocycles. The van der Waals surface area contributed by atoms with Crippen molar-refractivity contribution < 1.29 is 19.3 Å². The molecule has 0 aliphatic carbocycles. The minimum atomic E-state index is -1.77. The molecule has 0 aromatic heterocycles. The van der Waals surface area contributed by atoms with E-state index in [1.165, 1.54) is 0 Å². The molecule has 7 heteroatoms. The summed E-state index contributed by atoms with van der Waals surface area (Å²) < 4.78 is 17.5. The number of alkyl halides is 1. The Balaban J connectivity index is 2.66. The Morgan fingerprint density at radius 1 is 1.67 bits per heavy atom. The zero-order valence-corrected chi connectivity index (χ0v) is 6.04. The third kappa shape index (κ3) is 1.49. The Bertz CT molecular complexity index is 208. The molecule has 6 nitrogen and oxygen atoms in total. The minimum absolute atomic E-state index is 0.501. The summed E-state index contributed by atoms with van der Waals surface area (Å²) in [7, 11) is 0. The third-order valence-corrected chi connectivity index (χ3v) is 1.64. The first-order valence-electron chi connectivity index (χ1n) is 3.33. The molecule has 1 saturated heterocycles. The van der Waals surface area contributed by atoms with E-state index in [9.17, 15) is 4.39 Å². The highest BCUT2D eigenvalue weighted by Gasteiger charge is 2.43. The maximum absolute atomic E-state index is 12.9. The van der Waals surface area contributed by atoms with Crippen LogP contribution in [0.15, 0.2) is 5.11 Å². The predicted octanol–water partition coefficient (Wildman–Crippen LogP) is -0.287. The topological polar surface area (TPSA) is 98.5 Å². The van der Waals surface area contributed by atoms with Gasteiger partial charge in [0, 0.05) is 4.91 Å². The fraction of sp³-hybridized carbons (Fsp3) is 1.00. The predicted molar refractivity (Wildman–Crippen MR) is 35.8 cm³/mol. The molecule has 1 aliphatic rings. The minimum Gasteiger partial charge on any atom is -0.394 e. The molecule has 68 valence electrons. The number of rotatable bonds is 2. The van der Waals surface area contributed by atoms with Crippen LogP contribution in [-0.2, 0) is 4.74 Å². The van der Waals surface area contributed by atoms with Crippen LogP contribution in [0.1, 0.15) is 0 Å². The highest BCUT2D eigenvalue weighted by Crippen LogP contribution is 2.24. The molecule has 1 aliphatic heterocycles. The van der Waals surface area contributed by atoms with Crippen molar-refractivity contribution in [3.8, 4) is 0 Å². The van der Waals surface area contributed by atoms with E-state index in [1.54, 1.807) is 0 Å². The van der Waals surface area contributed by atoms with Crippen LogP contribution in [0.4, 0.5) is 4.39 Å². The van der Waals surface area contributed by atoms with E-state index in [2.05, 4.69) is 14.8 Å². The van der Waals surface area contributed by atoms with Gasteiger partial charge >= 0.3 is 0 Å². The molecule has 0 bridgehead atoms. The maximum Gasteiger partial charge on any atom is 0.170 e. The van der Waals surface area contributed by atoms with Gasteiger partial charge in [-0.3, -0.25) is 0 Å². The number of aliphatic hydroxyl groups is 2. The van der Waals surface area contributed by atoms with E-state index in [0.717, 1.165) is 0 Å². The summed E-state index contributed by atoms with van der Waals surface area (Å²) in [6.45, 7) is -0.501. The lowest BCUT2D eigenvalue weighted by atomic mass is 10.1. The first kappa shape index (κ1) is 9.21.